The molecular weight excluding hydrogens is 961 g/mol. The number of unbranched alkanes of at least 4 members (excludes halogenated alkanes) is 7. The van der Waals surface area contributed by atoms with Gasteiger partial charge in [0, 0.05) is 19.0 Å². The summed E-state index contributed by atoms with van der Waals surface area (Å²) in [5.74, 6) is -1.42. The molecule has 1 fully saturated rings. The summed E-state index contributed by atoms with van der Waals surface area (Å²) >= 11 is 0. The monoisotopic (exact) mass is 1040 g/mol. The summed E-state index contributed by atoms with van der Waals surface area (Å²) < 4.78 is 56.6. The summed E-state index contributed by atoms with van der Waals surface area (Å²) in [6.07, 6.45) is 35.8. The lowest BCUT2D eigenvalue weighted by Crippen LogP contribution is -2.36. The standard InChI is InChI=1S/C50H79N3O16P2/c1-3-5-7-8-9-10-11-12-13-14-19-22-25-28-31-35-46(56)67-42(38-64-45(55)34-30-27-24-21-18-16-15-17-20-23-26-29-33-41(54)32-6-4-2)39-65-70(60,61)69-71(62,63)66-40-43-47(57)48(58)49(68-43)53-37-36-44(51)52-50(53)59/h5,7,9-10,12-13,15-16,20-21,23-24,29,33,36-37,41-43,47-49,54,57-58H,3-4,6,8,11,14,17-19,22,25-28,30-32,34-35,38-40H2,1-2H3,(H,60,61)(H,62,63)(H2,51,52,59)/b7-5-,10-9-,13-12-,16-15-,23-20-,24-21-,33-29-/t41-,42+,43+,47+,48+,49+/m0/s1. The van der Waals surface area contributed by atoms with Crippen molar-refractivity contribution in [1.82, 2.24) is 9.55 Å². The molecule has 0 amide bonds. The van der Waals surface area contributed by atoms with Crippen LogP contribution in [0.5, 0.6) is 0 Å². The number of nitrogens with zero attached hydrogens (tertiary/aromatic N) is 2. The summed E-state index contributed by atoms with van der Waals surface area (Å²) in [5, 5.41) is 30.7. The molecule has 8 atom stereocenters. The third kappa shape index (κ3) is 30.5. The molecule has 2 unspecified atom stereocenters. The molecule has 0 radical (unpaired) electrons. The maximum atomic E-state index is 12.8. The van der Waals surface area contributed by atoms with Gasteiger partial charge in [-0.05, 0) is 83.1 Å². The quantitative estimate of drug-likeness (QED) is 0.0155. The van der Waals surface area contributed by atoms with Gasteiger partial charge in [-0.25, -0.2) is 13.9 Å². The van der Waals surface area contributed by atoms with Crippen molar-refractivity contribution in [2.75, 3.05) is 25.6 Å². The van der Waals surface area contributed by atoms with Gasteiger partial charge >= 0.3 is 33.3 Å². The highest BCUT2D eigenvalue weighted by molar-refractivity contribution is 7.61. The van der Waals surface area contributed by atoms with Crippen molar-refractivity contribution < 1.29 is 71.4 Å². The van der Waals surface area contributed by atoms with Gasteiger partial charge < -0.3 is 45.1 Å². The summed E-state index contributed by atoms with van der Waals surface area (Å²) in [6.45, 7) is 1.79. The van der Waals surface area contributed by atoms with Gasteiger partial charge in [0.05, 0.1) is 19.3 Å². The van der Waals surface area contributed by atoms with Gasteiger partial charge in [-0.15, -0.1) is 0 Å². The summed E-state index contributed by atoms with van der Waals surface area (Å²) in [7, 11) is -10.9. The fraction of sp³-hybridized carbons (Fsp3) is 0.600. The van der Waals surface area contributed by atoms with E-state index in [0.717, 1.165) is 94.2 Å². The number of rotatable bonds is 39. The maximum absolute atomic E-state index is 12.8. The number of allylic oxidation sites excluding steroid dienone is 13. The van der Waals surface area contributed by atoms with Crippen molar-refractivity contribution in [1.29, 1.82) is 0 Å². The molecule has 400 valence electrons. The number of aliphatic hydroxyl groups excluding tert-OH is 3. The SMILES string of the molecule is CC/C=C\C/C=C\C/C=C\CCCCCCCC(=O)O[C@H](COC(=O)CCC/C=C\C/C=C\C/C=C\C/C=C\[C@@H](O)CCCC)COP(=O)(O)OP(=O)(O)OC[C@H]1O[C@@H](n2ccc(N)nc2=O)[C@H](O)[C@@H]1O. The second kappa shape index (κ2) is 37.6. The lowest BCUT2D eigenvalue weighted by atomic mass is 10.1. The van der Waals surface area contributed by atoms with E-state index in [4.69, 9.17) is 29.0 Å². The molecule has 21 heteroatoms. The number of carbonyl (C=O) groups is 2. The van der Waals surface area contributed by atoms with E-state index in [1.165, 1.54) is 6.07 Å². The molecule has 0 saturated carbocycles. The first-order valence-electron chi connectivity index (χ1n) is 24.7. The molecule has 1 aromatic rings. The van der Waals surface area contributed by atoms with Crippen molar-refractivity contribution >= 4 is 33.4 Å². The number of phosphoric acid groups is 2. The summed E-state index contributed by atoms with van der Waals surface area (Å²) in [4.78, 5) is 61.8. The van der Waals surface area contributed by atoms with Crippen LogP contribution in [-0.4, -0.2) is 96.9 Å². The Hall–Kier alpha value is -4.10. The lowest BCUT2D eigenvalue weighted by Gasteiger charge is -2.21. The molecule has 71 heavy (non-hydrogen) atoms. The van der Waals surface area contributed by atoms with Crippen molar-refractivity contribution in [3.63, 3.8) is 0 Å². The Bertz CT molecular complexity index is 2040. The van der Waals surface area contributed by atoms with E-state index >= 15 is 0 Å². The van der Waals surface area contributed by atoms with E-state index in [1.807, 2.05) is 42.5 Å². The molecule has 2 rings (SSSR count). The van der Waals surface area contributed by atoms with Crippen LogP contribution in [0.25, 0.3) is 0 Å². The molecule has 7 N–H and O–H groups in total. The molecule has 0 spiro atoms. The minimum atomic E-state index is -5.45. The number of phosphoric ester groups is 2. The minimum absolute atomic E-state index is 0.00602. The number of ether oxygens (including phenoxy) is 3. The summed E-state index contributed by atoms with van der Waals surface area (Å²) in [6, 6.07) is 1.24. The Morgan fingerprint density at radius 1 is 0.746 bits per heavy atom. The number of esters is 2. The number of nitrogens with two attached hydrogens (primary N) is 1. The van der Waals surface area contributed by atoms with Crippen LogP contribution >= 0.6 is 15.6 Å². The number of hydrogen-bond donors (Lipinski definition) is 6. The highest BCUT2D eigenvalue weighted by Crippen LogP contribution is 2.60. The Balaban J connectivity index is 1.85. The van der Waals surface area contributed by atoms with Gasteiger partial charge in [0.2, 0.25) is 0 Å². The van der Waals surface area contributed by atoms with Gasteiger partial charge in [-0.1, -0.05) is 131 Å². The molecule has 2 heterocycles. The molecule has 0 aliphatic carbocycles. The average Bonchev–Trinajstić information content (AvgIpc) is 3.60. The molecule has 1 aliphatic rings. The highest BCUT2D eigenvalue weighted by atomic mass is 31.3. The number of nitrogen functional groups attached to an aromatic ring is 1. The minimum Gasteiger partial charge on any atom is -0.462 e. The van der Waals surface area contributed by atoms with Crippen LogP contribution < -0.4 is 11.4 Å². The Kier molecular flexibility index (Phi) is 33.4. The van der Waals surface area contributed by atoms with Crippen LogP contribution in [0.1, 0.15) is 142 Å². The van der Waals surface area contributed by atoms with Crippen molar-refractivity contribution in [3.05, 3.63) is 108 Å². The van der Waals surface area contributed by atoms with Crippen LogP contribution in [-0.2, 0) is 46.3 Å². The largest absolute Gasteiger partial charge is 0.481 e. The lowest BCUT2D eigenvalue weighted by molar-refractivity contribution is -0.161. The van der Waals surface area contributed by atoms with E-state index < -0.39 is 83.7 Å². The van der Waals surface area contributed by atoms with Crippen molar-refractivity contribution in [2.45, 2.75) is 173 Å². The molecule has 0 bridgehead atoms. The average molecular weight is 1040 g/mol. The Morgan fingerprint density at radius 3 is 1.94 bits per heavy atom. The number of aliphatic hydroxyl groups is 3. The number of hydrogen-bond acceptors (Lipinski definition) is 16. The fourth-order valence-electron chi connectivity index (χ4n) is 6.69. The third-order valence-electron chi connectivity index (χ3n) is 10.5. The molecule has 0 aromatic carbocycles. The van der Waals surface area contributed by atoms with Crippen LogP contribution in [0.2, 0.25) is 0 Å². The fourth-order valence-corrected chi connectivity index (χ4v) is 8.80. The second-order valence-electron chi connectivity index (χ2n) is 16.7. The predicted molar refractivity (Wildman–Crippen MR) is 271 cm³/mol. The van der Waals surface area contributed by atoms with E-state index in [-0.39, 0.29) is 24.8 Å². The smallest absolute Gasteiger partial charge is 0.462 e. The maximum Gasteiger partial charge on any atom is 0.481 e. The van der Waals surface area contributed by atoms with E-state index in [1.54, 1.807) is 0 Å². The highest BCUT2D eigenvalue weighted by Gasteiger charge is 2.46. The van der Waals surface area contributed by atoms with Crippen LogP contribution in [0, 0.1) is 0 Å². The molecule has 1 aromatic heterocycles. The number of aromatic nitrogens is 2. The third-order valence-corrected chi connectivity index (χ3v) is 13.1. The number of anilines is 1. The first kappa shape index (κ1) is 63.0. The van der Waals surface area contributed by atoms with E-state index in [2.05, 4.69) is 65.7 Å². The zero-order valence-electron chi connectivity index (χ0n) is 41.4. The van der Waals surface area contributed by atoms with Crippen LogP contribution in [0.4, 0.5) is 5.82 Å². The first-order valence-corrected chi connectivity index (χ1v) is 27.7. The van der Waals surface area contributed by atoms with Gasteiger partial charge in [-0.2, -0.15) is 9.29 Å². The topological polar surface area (TPSA) is 286 Å². The van der Waals surface area contributed by atoms with Gasteiger partial charge in [-0.3, -0.25) is 23.2 Å². The normalized spacial score (nSPS) is 20.3. The molecular formula is C50H79N3O16P2. The number of carbonyl (C=O) groups excluding carboxylic acids is 2. The zero-order valence-corrected chi connectivity index (χ0v) is 43.1. The van der Waals surface area contributed by atoms with Crippen molar-refractivity contribution in [3.8, 4) is 0 Å². The predicted octanol–water partition coefficient (Wildman–Crippen LogP) is 8.86. The van der Waals surface area contributed by atoms with Gasteiger partial charge in [0.1, 0.15) is 30.7 Å². The molecule has 19 nitrogen and oxygen atoms in total. The van der Waals surface area contributed by atoms with Crippen LogP contribution in [0.3, 0.4) is 0 Å². The Morgan fingerprint density at radius 2 is 1.31 bits per heavy atom. The second-order valence-corrected chi connectivity index (χ2v) is 19.8. The van der Waals surface area contributed by atoms with Gasteiger partial charge in [0.15, 0.2) is 12.3 Å². The van der Waals surface area contributed by atoms with E-state index in [9.17, 15) is 48.6 Å². The molecule has 1 saturated heterocycles. The first-order chi connectivity index (χ1) is 34.1. The van der Waals surface area contributed by atoms with E-state index in [0.29, 0.717) is 25.7 Å². The molecule has 1 aliphatic heterocycles. The van der Waals surface area contributed by atoms with Crippen molar-refractivity contribution in [2.24, 2.45) is 0 Å². The Labute approximate surface area is 419 Å². The zero-order chi connectivity index (χ0) is 52.2. The van der Waals surface area contributed by atoms with Crippen LogP contribution in [0.15, 0.2) is 102 Å². The van der Waals surface area contributed by atoms with Gasteiger partial charge in [0.25, 0.3) is 0 Å². The summed E-state index contributed by atoms with van der Waals surface area (Å²) in [5.41, 5.74) is 4.57.